The highest BCUT2D eigenvalue weighted by molar-refractivity contribution is 9.10. The van der Waals surface area contributed by atoms with E-state index in [1.165, 1.54) is 12.1 Å². The van der Waals surface area contributed by atoms with Crippen molar-refractivity contribution in [2.24, 2.45) is 0 Å². The van der Waals surface area contributed by atoms with Crippen LogP contribution in [0.4, 0.5) is 15.8 Å². The maximum atomic E-state index is 13.3. The zero-order valence-corrected chi connectivity index (χ0v) is 12.8. The van der Waals surface area contributed by atoms with Crippen LogP contribution in [0.15, 0.2) is 46.9 Å². The van der Waals surface area contributed by atoms with Crippen molar-refractivity contribution < 1.29 is 9.18 Å². The van der Waals surface area contributed by atoms with Crippen LogP contribution in [-0.2, 0) is 4.79 Å². The summed E-state index contributed by atoms with van der Waals surface area (Å²) in [5.41, 5.74) is 2.42. The number of para-hydroxylation sites is 1. The highest BCUT2D eigenvalue weighted by atomic mass is 79.9. The molecule has 1 heterocycles. The predicted octanol–water partition coefficient (Wildman–Crippen LogP) is 4.13. The molecule has 2 N–H and O–H groups in total. The standard InChI is InChI=1S/C16H14BrFN2O/c17-13-6-5-10(18)9-15(13)20-16(21)12-7-8-19-14-4-2-1-3-11(12)14/h1-6,9,12,19H,7-8H2,(H,20,21). The van der Waals surface area contributed by atoms with E-state index in [1.807, 2.05) is 24.3 Å². The summed E-state index contributed by atoms with van der Waals surface area (Å²) >= 11 is 3.32. The largest absolute Gasteiger partial charge is 0.385 e. The van der Waals surface area contributed by atoms with Crippen molar-refractivity contribution in [1.82, 2.24) is 0 Å². The first-order chi connectivity index (χ1) is 10.1. The third-order valence-electron chi connectivity index (χ3n) is 3.59. The van der Waals surface area contributed by atoms with Gasteiger partial charge in [-0.1, -0.05) is 18.2 Å². The smallest absolute Gasteiger partial charge is 0.232 e. The number of fused-ring (bicyclic) bond motifs is 1. The van der Waals surface area contributed by atoms with Crippen molar-refractivity contribution in [3.05, 3.63) is 58.3 Å². The number of amides is 1. The number of nitrogens with one attached hydrogen (secondary N) is 2. The summed E-state index contributed by atoms with van der Waals surface area (Å²) < 4.78 is 14.0. The lowest BCUT2D eigenvalue weighted by atomic mass is 9.90. The minimum absolute atomic E-state index is 0.116. The Bertz CT molecular complexity index is 690. The number of halogens is 2. The molecule has 3 nitrogen and oxygen atoms in total. The fourth-order valence-electron chi connectivity index (χ4n) is 2.55. The SMILES string of the molecule is O=C(Nc1cc(F)ccc1Br)C1CCNc2ccccc21. The topological polar surface area (TPSA) is 41.1 Å². The van der Waals surface area contributed by atoms with Crippen LogP contribution in [-0.4, -0.2) is 12.5 Å². The summed E-state index contributed by atoms with van der Waals surface area (Å²) in [6, 6.07) is 12.0. The van der Waals surface area contributed by atoms with Gasteiger partial charge in [-0.3, -0.25) is 4.79 Å². The molecule has 3 rings (SSSR count). The van der Waals surface area contributed by atoms with Gasteiger partial charge in [-0.2, -0.15) is 0 Å². The van der Waals surface area contributed by atoms with Crippen LogP contribution in [0.3, 0.4) is 0 Å². The van der Waals surface area contributed by atoms with Gasteiger partial charge in [-0.15, -0.1) is 0 Å². The molecule has 1 unspecified atom stereocenters. The maximum Gasteiger partial charge on any atom is 0.232 e. The summed E-state index contributed by atoms with van der Waals surface area (Å²) in [4.78, 5) is 12.5. The summed E-state index contributed by atoms with van der Waals surface area (Å²) in [6.07, 6.45) is 0.718. The van der Waals surface area contributed by atoms with Crippen molar-refractivity contribution in [3.8, 4) is 0 Å². The van der Waals surface area contributed by atoms with Crippen LogP contribution >= 0.6 is 15.9 Å². The highest BCUT2D eigenvalue weighted by Gasteiger charge is 2.26. The van der Waals surface area contributed by atoms with E-state index in [0.717, 1.165) is 24.2 Å². The Balaban J connectivity index is 1.85. The molecule has 1 amide bonds. The van der Waals surface area contributed by atoms with Crippen molar-refractivity contribution in [3.63, 3.8) is 0 Å². The van der Waals surface area contributed by atoms with Crippen LogP contribution in [0.1, 0.15) is 17.9 Å². The number of benzene rings is 2. The average molecular weight is 349 g/mol. The van der Waals surface area contributed by atoms with E-state index in [2.05, 4.69) is 26.6 Å². The number of hydrogen-bond donors (Lipinski definition) is 2. The lowest BCUT2D eigenvalue weighted by Crippen LogP contribution is -2.27. The molecule has 1 atom stereocenters. The van der Waals surface area contributed by atoms with Gasteiger partial charge >= 0.3 is 0 Å². The Morgan fingerprint density at radius 2 is 2.10 bits per heavy atom. The molecule has 2 aromatic rings. The Labute approximate surface area is 130 Å². The second-order valence-electron chi connectivity index (χ2n) is 4.97. The van der Waals surface area contributed by atoms with Crippen LogP contribution in [0, 0.1) is 5.82 Å². The second kappa shape index (κ2) is 5.85. The van der Waals surface area contributed by atoms with E-state index in [4.69, 9.17) is 0 Å². The number of rotatable bonds is 2. The van der Waals surface area contributed by atoms with E-state index in [0.29, 0.717) is 10.2 Å². The van der Waals surface area contributed by atoms with Crippen molar-refractivity contribution in [2.45, 2.75) is 12.3 Å². The molecule has 0 radical (unpaired) electrons. The Hall–Kier alpha value is -1.88. The van der Waals surface area contributed by atoms with Gasteiger partial charge in [-0.05, 0) is 52.2 Å². The van der Waals surface area contributed by atoms with E-state index < -0.39 is 0 Å². The van der Waals surface area contributed by atoms with Gasteiger partial charge in [0.05, 0.1) is 11.6 Å². The van der Waals surface area contributed by atoms with Gasteiger partial charge in [0, 0.05) is 16.7 Å². The first-order valence-corrected chi connectivity index (χ1v) is 7.53. The molecule has 5 heteroatoms. The van der Waals surface area contributed by atoms with Crippen LogP contribution in [0.25, 0.3) is 0 Å². The molecule has 0 aromatic heterocycles. The molecule has 1 aliphatic rings. The molecular weight excluding hydrogens is 335 g/mol. The number of carbonyl (C=O) groups excluding carboxylic acids is 1. The fraction of sp³-hybridized carbons (Fsp3) is 0.188. The first-order valence-electron chi connectivity index (χ1n) is 6.74. The van der Waals surface area contributed by atoms with Crippen molar-refractivity contribution in [2.75, 3.05) is 17.2 Å². The number of hydrogen-bond acceptors (Lipinski definition) is 2. The van der Waals surface area contributed by atoms with Gasteiger partial charge < -0.3 is 10.6 Å². The maximum absolute atomic E-state index is 13.3. The lowest BCUT2D eigenvalue weighted by Gasteiger charge is -2.26. The van der Waals surface area contributed by atoms with Crippen molar-refractivity contribution in [1.29, 1.82) is 0 Å². The van der Waals surface area contributed by atoms with Gasteiger partial charge in [0.2, 0.25) is 5.91 Å². The Kier molecular flexibility index (Phi) is 3.92. The van der Waals surface area contributed by atoms with Crippen LogP contribution < -0.4 is 10.6 Å². The predicted molar refractivity (Wildman–Crippen MR) is 85.0 cm³/mol. The molecule has 0 fully saturated rings. The summed E-state index contributed by atoms with van der Waals surface area (Å²) in [5, 5.41) is 6.09. The minimum Gasteiger partial charge on any atom is -0.385 e. The van der Waals surface area contributed by atoms with Gasteiger partial charge in [-0.25, -0.2) is 4.39 Å². The Morgan fingerprint density at radius 3 is 2.95 bits per heavy atom. The van der Waals surface area contributed by atoms with Crippen molar-refractivity contribution >= 4 is 33.2 Å². The third-order valence-corrected chi connectivity index (χ3v) is 4.28. The van der Waals surface area contributed by atoms with Crippen LogP contribution in [0.5, 0.6) is 0 Å². The normalized spacial score (nSPS) is 16.8. The molecule has 0 bridgehead atoms. The molecule has 1 aliphatic heterocycles. The van der Waals surface area contributed by atoms with Crippen LogP contribution in [0.2, 0.25) is 0 Å². The summed E-state index contributed by atoms with van der Waals surface area (Å²) in [7, 11) is 0. The molecule has 21 heavy (non-hydrogen) atoms. The molecule has 0 saturated carbocycles. The molecule has 108 valence electrons. The molecule has 0 saturated heterocycles. The van der Waals surface area contributed by atoms with E-state index >= 15 is 0 Å². The zero-order valence-electron chi connectivity index (χ0n) is 11.2. The molecular formula is C16H14BrFN2O. The average Bonchev–Trinajstić information content (AvgIpc) is 2.50. The summed E-state index contributed by atoms with van der Waals surface area (Å²) in [5.74, 6) is -0.716. The molecule has 0 spiro atoms. The zero-order chi connectivity index (χ0) is 14.8. The Morgan fingerprint density at radius 1 is 1.29 bits per heavy atom. The summed E-state index contributed by atoms with van der Waals surface area (Å²) in [6.45, 7) is 0.749. The quantitative estimate of drug-likeness (QED) is 0.856. The van der Waals surface area contributed by atoms with E-state index in [1.54, 1.807) is 6.07 Å². The lowest BCUT2D eigenvalue weighted by molar-refractivity contribution is -0.117. The van der Waals surface area contributed by atoms with Gasteiger partial charge in [0.25, 0.3) is 0 Å². The molecule has 0 aliphatic carbocycles. The first kappa shape index (κ1) is 14.1. The highest BCUT2D eigenvalue weighted by Crippen LogP contribution is 2.33. The monoisotopic (exact) mass is 348 g/mol. The second-order valence-corrected chi connectivity index (χ2v) is 5.82. The minimum atomic E-state index is -0.376. The van der Waals surface area contributed by atoms with E-state index in [9.17, 15) is 9.18 Å². The number of carbonyl (C=O) groups is 1. The molecule has 2 aromatic carbocycles. The number of anilines is 2. The fourth-order valence-corrected chi connectivity index (χ4v) is 2.90. The van der Waals surface area contributed by atoms with E-state index in [-0.39, 0.29) is 17.6 Å². The van der Waals surface area contributed by atoms with Gasteiger partial charge in [0.1, 0.15) is 5.82 Å². The van der Waals surface area contributed by atoms with Gasteiger partial charge in [0.15, 0.2) is 0 Å². The third kappa shape index (κ3) is 2.93.